The first kappa shape index (κ1) is 68.6. The van der Waals surface area contributed by atoms with Gasteiger partial charge in [0.2, 0.25) is 5.91 Å². The van der Waals surface area contributed by atoms with E-state index in [0.29, 0.717) is 25.9 Å². The number of carbonyl (C=O) groups is 2. The Morgan fingerprint density at radius 3 is 1.01 bits per heavy atom. The molecule has 0 aromatic rings. The maximum atomic E-state index is 12.5. The van der Waals surface area contributed by atoms with Crippen LogP contribution >= 0.6 is 0 Å². The van der Waals surface area contributed by atoms with E-state index in [1.54, 1.807) is 0 Å². The smallest absolute Gasteiger partial charge is 0.305 e. The fraction of sp³-hybridized carbons (Fsp3) is 0.938. The highest BCUT2D eigenvalue weighted by Gasteiger charge is 2.20. The molecule has 6 nitrogen and oxygen atoms in total. The molecule has 2 atom stereocenters. The highest BCUT2D eigenvalue weighted by Crippen LogP contribution is 2.18. The van der Waals surface area contributed by atoms with Crippen molar-refractivity contribution >= 4 is 11.9 Å². The van der Waals surface area contributed by atoms with Crippen molar-refractivity contribution in [2.75, 3.05) is 13.2 Å². The van der Waals surface area contributed by atoms with Crippen LogP contribution in [0.3, 0.4) is 0 Å². The van der Waals surface area contributed by atoms with Crippen molar-refractivity contribution in [2.45, 2.75) is 373 Å². The van der Waals surface area contributed by atoms with Crippen LogP contribution in [0.15, 0.2) is 12.2 Å². The normalized spacial score (nSPS) is 12.6. The molecule has 416 valence electrons. The van der Waals surface area contributed by atoms with Gasteiger partial charge in [-0.1, -0.05) is 302 Å². The zero-order valence-electron chi connectivity index (χ0n) is 47.5. The summed E-state index contributed by atoms with van der Waals surface area (Å²) in [5.74, 6) is -0.0728. The topological polar surface area (TPSA) is 95.9 Å². The zero-order valence-corrected chi connectivity index (χ0v) is 47.5. The Balaban J connectivity index is 3.45. The predicted molar refractivity (Wildman–Crippen MR) is 306 cm³/mol. The summed E-state index contributed by atoms with van der Waals surface area (Å²) in [6, 6.07) is -0.560. The van der Waals surface area contributed by atoms with E-state index in [-0.39, 0.29) is 18.5 Å². The van der Waals surface area contributed by atoms with Crippen molar-refractivity contribution in [3.8, 4) is 0 Å². The number of esters is 1. The Morgan fingerprint density at radius 2 is 0.671 bits per heavy atom. The van der Waals surface area contributed by atoms with Crippen molar-refractivity contribution < 1.29 is 24.5 Å². The number of amides is 1. The van der Waals surface area contributed by atoms with Crippen LogP contribution in [0.25, 0.3) is 0 Å². The molecule has 0 saturated heterocycles. The molecular formula is C64H125NO5. The third-order valence-corrected chi connectivity index (χ3v) is 15.1. The first-order valence-corrected chi connectivity index (χ1v) is 31.9. The van der Waals surface area contributed by atoms with Crippen LogP contribution < -0.4 is 5.32 Å². The maximum absolute atomic E-state index is 12.5. The van der Waals surface area contributed by atoms with E-state index in [0.717, 1.165) is 77.0 Å². The van der Waals surface area contributed by atoms with Gasteiger partial charge in [-0.25, -0.2) is 0 Å². The second kappa shape index (κ2) is 60.2. The van der Waals surface area contributed by atoms with Crippen LogP contribution in [-0.4, -0.2) is 47.4 Å². The monoisotopic (exact) mass is 988 g/mol. The second-order valence-electron chi connectivity index (χ2n) is 22.1. The largest absolute Gasteiger partial charge is 0.466 e. The number of rotatable bonds is 60. The Kier molecular flexibility index (Phi) is 59.0. The van der Waals surface area contributed by atoms with Gasteiger partial charge in [-0.2, -0.15) is 0 Å². The van der Waals surface area contributed by atoms with Gasteiger partial charge >= 0.3 is 5.97 Å². The molecule has 0 aliphatic heterocycles. The Labute approximate surface area is 438 Å². The summed E-state index contributed by atoms with van der Waals surface area (Å²) in [6.45, 7) is 4.93. The molecular weight excluding hydrogens is 863 g/mol. The van der Waals surface area contributed by atoms with Gasteiger partial charge in [0.15, 0.2) is 0 Å². The lowest BCUT2D eigenvalue weighted by atomic mass is 10.0. The predicted octanol–water partition coefficient (Wildman–Crippen LogP) is 20.0. The van der Waals surface area contributed by atoms with Crippen molar-refractivity contribution in [3.05, 3.63) is 12.2 Å². The van der Waals surface area contributed by atoms with Gasteiger partial charge in [0, 0.05) is 12.8 Å². The molecule has 0 radical (unpaired) electrons. The van der Waals surface area contributed by atoms with Crippen LogP contribution in [0, 0.1) is 0 Å². The summed E-state index contributed by atoms with van der Waals surface area (Å²) in [5.41, 5.74) is 0. The average molecular weight is 989 g/mol. The van der Waals surface area contributed by atoms with Gasteiger partial charge < -0.3 is 20.3 Å². The van der Waals surface area contributed by atoms with Gasteiger partial charge in [-0.15, -0.1) is 0 Å². The molecule has 0 bridgehead atoms. The van der Waals surface area contributed by atoms with Gasteiger partial charge in [0.25, 0.3) is 0 Å². The summed E-state index contributed by atoms with van der Waals surface area (Å²) < 4.78 is 5.48. The molecule has 3 N–H and O–H groups in total. The first-order valence-electron chi connectivity index (χ1n) is 31.9. The van der Waals surface area contributed by atoms with Crippen molar-refractivity contribution in [3.63, 3.8) is 0 Å². The summed E-state index contributed by atoms with van der Waals surface area (Å²) in [6.07, 6.45) is 72.2. The molecule has 0 aromatic heterocycles. The minimum absolute atomic E-state index is 0.0166. The number of ether oxygens (including phenoxy) is 1. The fourth-order valence-electron chi connectivity index (χ4n) is 10.2. The molecule has 2 unspecified atom stereocenters. The molecule has 0 spiro atoms. The lowest BCUT2D eigenvalue weighted by molar-refractivity contribution is -0.143. The van der Waals surface area contributed by atoms with Crippen LogP contribution in [0.2, 0.25) is 0 Å². The van der Waals surface area contributed by atoms with Crippen LogP contribution in [0.5, 0.6) is 0 Å². The Hall–Kier alpha value is -1.40. The second-order valence-corrected chi connectivity index (χ2v) is 22.1. The third-order valence-electron chi connectivity index (χ3n) is 15.1. The Bertz CT molecular complexity index is 1050. The molecule has 0 rings (SSSR count). The minimum atomic E-state index is -0.681. The molecule has 0 heterocycles. The molecule has 70 heavy (non-hydrogen) atoms. The van der Waals surface area contributed by atoms with Gasteiger partial charge in [0.1, 0.15) is 0 Å². The highest BCUT2D eigenvalue weighted by atomic mass is 16.5. The summed E-state index contributed by atoms with van der Waals surface area (Å²) in [4.78, 5) is 24.6. The van der Waals surface area contributed by atoms with Gasteiger partial charge in [-0.05, 0) is 57.8 Å². The van der Waals surface area contributed by atoms with Crippen molar-refractivity contribution in [2.24, 2.45) is 0 Å². The Morgan fingerprint density at radius 1 is 0.386 bits per heavy atom. The number of hydrogen-bond acceptors (Lipinski definition) is 5. The number of nitrogens with one attached hydrogen (secondary N) is 1. The summed E-state index contributed by atoms with van der Waals surface area (Å²) in [7, 11) is 0. The molecule has 0 fully saturated rings. The maximum Gasteiger partial charge on any atom is 0.305 e. The number of hydrogen-bond donors (Lipinski definition) is 3. The molecule has 0 aliphatic rings. The standard InChI is InChI=1S/C64H125NO5/c1-3-5-7-9-11-13-15-17-19-21-23-24-25-27-28-30-32-36-40-44-48-52-56-62(67)61(60-66)65-63(68)57-53-49-45-41-37-34-35-39-43-47-51-55-59-70-64(69)58-54-50-46-42-38-33-31-29-26-22-20-18-16-14-12-10-8-6-4-2/h35,39,61-62,66-67H,3-34,36-38,40-60H2,1-2H3,(H,65,68)/b39-35-. The van der Waals surface area contributed by atoms with Crippen molar-refractivity contribution in [1.82, 2.24) is 5.32 Å². The number of carbonyl (C=O) groups excluding carboxylic acids is 2. The molecule has 6 heteroatoms. The fourth-order valence-corrected chi connectivity index (χ4v) is 10.2. The number of aliphatic hydroxyl groups is 2. The molecule has 0 aromatic carbocycles. The van der Waals surface area contributed by atoms with E-state index in [9.17, 15) is 19.8 Å². The third kappa shape index (κ3) is 55.9. The summed E-state index contributed by atoms with van der Waals surface area (Å²) >= 11 is 0. The van der Waals surface area contributed by atoms with E-state index in [1.165, 1.54) is 250 Å². The van der Waals surface area contributed by atoms with Crippen LogP contribution in [0.4, 0.5) is 0 Å². The minimum Gasteiger partial charge on any atom is -0.466 e. The van der Waals surface area contributed by atoms with E-state index in [1.807, 2.05) is 0 Å². The first-order chi connectivity index (χ1) is 34.5. The van der Waals surface area contributed by atoms with Crippen molar-refractivity contribution in [1.29, 1.82) is 0 Å². The number of unbranched alkanes of at least 4 members (excludes halogenated alkanes) is 47. The van der Waals surface area contributed by atoms with E-state index in [2.05, 4.69) is 31.3 Å². The number of allylic oxidation sites excluding steroid dienone is 2. The van der Waals surface area contributed by atoms with E-state index in [4.69, 9.17) is 4.74 Å². The average Bonchev–Trinajstić information content (AvgIpc) is 3.36. The lowest BCUT2D eigenvalue weighted by Crippen LogP contribution is -2.45. The lowest BCUT2D eigenvalue weighted by Gasteiger charge is -2.22. The van der Waals surface area contributed by atoms with E-state index >= 15 is 0 Å². The SMILES string of the molecule is CCCCCCCCCCCCCCCCCCCCCCCCC(O)C(CO)NC(=O)CCCCCCC/C=C\CCCCCOC(=O)CCCCCCCCCCCCCCCCCCCCC. The molecule has 1 amide bonds. The molecule has 0 saturated carbocycles. The van der Waals surface area contributed by atoms with Crippen LogP contribution in [-0.2, 0) is 14.3 Å². The molecule has 0 aliphatic carbocycles. The highest BCUT2D eigenvalue weighted by molar-refractivity contribution is 5.76. The zero-order chi connectivity index (χ0) is 50.7. The van der Waals surface area contributed by atoms with Crippen LogP contribution in [0.1, 0.15) is 361 Å². The summed E-state index contributed by atoms with van der Waals surface area (Å²) in [5, 5.41) is 23.4. The van der Waals surface area contributed by atoms with Gasteiger partial charge in [0.05, 0.1) is 25.4 Å². The van der Waals surface area contributed by atoms with E-state index < -0.39 is 12.1 Å². The van der Waals surface area contributed by atoms with Gasteiger partial charge in [-0.3, -0.25) is 9.59 Å². The number of aliphatic hydroxyl groups excluding tert-OH is 2. The quantitative estimate of drug-likeness (QED) is 0.0321.